The molecule has 0 spiro atoms. The minimum absolute atomic E-state index is 0.0629. The van der Waals surface area contributed by atoms with E-state index >= 15 is 0 Å². The van der Waals surface area contributed by atoms with Crippen LogP contribution in [0.15, 0.2) is 22.7 Å². The number of benzene rings is 1. The van der Waals surface area contributed by atoms with E-state index in [1.54, 1.807) is 6.07 Å². The van der Waals surface area contributed by atoms with Crippen LogP contribution in [0, 0.1) is 5.82 Å². The summed E-state index contributed by atoms with van der Waals surface area (Å²) in [5.74, 6) is 1.75. The first-order chi connectivity index (χ1) is 10.2. The predicted molar refractivity (Wildman–Crippen MR) is 74.5 cm³/mol. The smallest absolute Gasteiger partial charge is 0.229 e. The van der Waals surface area contributed by atoms with Gasteiger partial charge in [0.05, 0.1) is 0 Å². The van der Waals surface area contributed by atoms with Gasteiger partial charge >= 0.3 is 0 Å². The highest BCUT2D eigenvalue weighted by atomic mass is 19.1. The molecule has 1 unspecified atom stereocenters. The molecule has 112 valence electrons. The lowest BCUT2D eigenvalue weighted by Gasteiger charge is -2.15. The Kier molecular flexibility index (Phi) is 3.88. The van der Waals surface area contributed by atoms with E-state index in [0.29, 0.717) is 23.4 Å². The lowest BCUT2D eigenvalue weighted by Crippen LogP contribution is -2.14. The van der Waals surface area contributed by atoms with Gasteiger partial charge in [-0.25, -0.2) is 4.39 Å². The SMILES string of the molecule is CNC(C)c1ccc(F)cc1OCc1noc(C2CC2)n1. The minimum atomic E-state index is -0.330. The molecule has 1 atom stereocenters. The summed E-state index contributed by atoms with van der Waals surface area (Å²) in [5, 5.41) is 7.00. The van der Waals surface area contributed by atoms with Crippen LogP contribution in [-0.4, -0.2) is 17.2 Å². The second-order valence-corrected chi connectivity index (χ2v) is 5.30. The molecular weight excluding hydrogens is 273 g/mol. The molecule has 0 aliphatic heterocycles. The normalized spacial score (nSPS) is 16.0. The number of ether oxygens (including phenoxy) is 1. The van der Waals surface area contributed by atoms with E-state index < -0.39 is 0 Å². The molecule has 6 heteroatoms. The Morgan fingerprint density at radius 2 is 2.29 bits per heavy atom. The third-order valence-corrected chi connectivity index (χ3v) is 3.64. The molecule has 1 aromatic heterocycles. The van der Waals surface area contributed by atoms with Crippen molar-refractivity contribution in [1.82, 2.24) is 15.5 Å². The fourth-order valence-corrected chi connectivity index (χ4v) is 2.11. The fourth-order valence-electron chi connectivity index (χ4n) is 2.11. The topological polar surface area (TPSA) is 60.2 Å². The Balaban J connectivity index is 1.72. The third-order valence-electron chi connectivity index (χ3n) is 3.64. The molecule has 1 N–H and O–H groups in total. The summed E-state index contributed by atoms with van der Waals surface area (Å²) in [6.45, 7) is 2.16. The molecule has 1 aliphatic carbocycles. The van der Waals surface area contributed by atoms with Crippen LogP contribution in [0.2, 0.25) is 0 Å². The largest absolute Gasteiger partial charge is 0.485 e. The second kappa shape index (κ2) is 5.81. The average molecular weight is 291 g/mol. The van der Waals surface area contributed by atoms with Crippen molar-refractivity contribution in [1.29, 1.82) is 0 Å². The van der Waals surface area contributed by atoms with Crippen molar-refractivity contribution < 1.29 is 13.7 Å². The van der Waals surface area contributed by atoms with Crippen LogP contribution < -0.4 is 10.1 Å². The maximum atomic E-state index is 13.4. The zero-order valence-corrected chi connectivity index (χ0v) is 12.1. The molecule has 1 aromatic carbocycles. The number of hydrogen-bond donors (Lipinski definition) is 1. The number of aromatic nitrogens is 2. The van der Waals surface area contributed by atoms with Gasteiger partial charge in [0.2, 0.25) is 11.7 Å². The summed E-state index contributed by atoms with van der Waals surface area (Å²) < 4.78 is 24.3. The Labute approximate surface area is 122 Å². The molecule has 1 aliphatic rings. The van der Waals surface area contributed by atoms with Gasteiger partial charge in [0, 0.05) is 23.6 Å². The highest BCUT2D eigenvalue weighted by molar-refractivity contribution is 5.36. The van der Waals surface area contributed by atoms with Crippen LogP contribution in [0.25, 0.3) is 0 Å². The highest BCUT2D eigenvalue weighted by Gasteiger charge is 2.29. The van der Waals surface area contributed by atoms with Crippen LogP contribution in [0.4, 0.5) is 4.39 Å². The van der Waals surface area contributed by atoms with E-state index in [9.17, 15) is 4.39 Å². The van der Waals surface area contributed by atoms with Gasteiger partial charge in [-0.15, -0.1) is 0 Å². The van der Waals surface area contributed by atoms with Crippen molar-refractivity contribution in [3.63, 3.8) is 0 Å². The van der Waals surface area contributed by atoms with Gasteiger partial charge in [0.15, 0.2) is 6.61 Å². The van der Waals surface area contributed by atoms with Crippen molar-refractivity contribution >= 4 is 0 Å². The van der Waals surface area contributed by atoms with Crippen molar-refractivity contribution in [3.8, 4) is 5.75 Å². The molecule has 0 radical (unpaired) electrons. The minimum Gasteiger partial charge on any atom is -0.485 e. The third kappa shape index (κ3) is 3.21. The number of nitrogens with zero attached hydrogens (tertiary/aromatic N) is 2. The van der Waals surface area contributed by atoms with E-state index in [1.165, 1.54) is 12.1 Å². The number of nitrogens with one attached hydrogen (secondary N) is 1. The van der Waals surface area contributed by atoms with Gasteiger partial charge in [-0.05, 0) is 32.9 Å². The lowest BCUT2D eigenvalue weighted by molar-refractivity contribution is 0.279. The van der Waals surface area contributed by atoms with Gasteiger partial charge < -0.3 is 14.6 Å². The van der Waals surface area contributed by atoms with Crippen LogP contribution in [-0.2, 0) is 6.61 Å². The van der Waals surface area contributed by atoms with Crippen LogP contribution in [0.1, 0.15) is 49.0 Å². The maximum absolute atomic E-state index is 13.4. The zero-order valence-electron chi connectivity index (χ0n) is 12.1. The zero-order chi connectivity index (χ0) is 14.8. The van der Waals surface area contributed by atoms with Gasteiger partial charge in [0.25, 0.3) is 0 Å². The number of rotatable bonds is 6. The monoisotopic (exact) mass is 291 g/mol. The molecule has 0 saturated heterocycles. The van der Waals surface area contributed by atoms with Gasteiger partial charge in [-0.3, -0.25) is 0 Å². The number of hydrogen-bond acceptors (Lipinski definition) is 5. The first-order valence-electron chi connectivity index (χ1n) is 7.09. The Hall–Kier alpha value is -1.95. The maximum Gasteiger partial charge on any atom is 0.229 e. The summed E-state index contributed by atoms with van der Waals surface area (Å²) in [5.41, 5.74) is 0.893. The fraction of sp³-hybridized carbons (Fsp3) is 0.467. The molecule has 3 rings (SSSR count). The van der Waals surface area contributed by atoms with E-state index in [2.05, 4.69) is 15.5 Å². The van der Waals surface area contributed by atoms with Crippen molar-refractivity contribution in [2.75, 3.05) is 7.05 Å². The van der Waals surface area contributed by atoms with E-state index in [1.807, 2.05) is 14.0 Å². The van der Waals surface area contributed by atoms with Gasteiger partial charge in [-0.1, -0.05) is 11.2 Å². The summed E-state index contributed by atoms with van der Waals surface area (Å²) in [6.07, 6.45) is 2.21. The second-order valence-electron chi connectivity index (χ2n) is 5.30. The highest BCUT2D eigenvalue weighted by Crippen LogP contribution is 2.38. The van der Waals surface area contributed by atoms with E-state index in [4.69, 9.17) is 9.26 Å². The summed E-state index contributed by atoms with van der Waals surface area (Å²) in [7, 11) is 1.85. The molecule has 0 amide bonds. The molecular formula is C15H18FN3O2. The quantitative estimate of drug-likeness (QED) is 0.886. The summed E-state index contributed by atoms with van der Waals surface area (Å²) in [6, 6.07) is 4.59. The van der Waals surface area contributed by atoms with Gasteiger partial charge in [0.1, 0.15) is 11.6 Å². The molecule has 21 heavy (non-hydrogen) atoms. The van der Waals surface area contributed by atoms with E-state index in [0.717, 1.165) is 18.4 Å². The average Bonchev–Trinajstić information content (AvgIpc) is 3.23. The number of halogens is 1. The van der Waals surface area contributed by atoms with Crippen LogP contribution in [0.3, 0.4) is 0 Å². The summed E-state index contributed by atoms with van der Waals surface area (Å²) >= 11 is 0. The van der Waals surface area contributed by atoms with Crippen LogP contribution >= 0.6 is 0 Å². The van der Waals surface area contributed by atoms with Crippen molar-refractivity contribution in [3.05, 3.63) is 41.3 Å². The molecule has 1 saturated carbocycles. The molecule has 2 aromatic rings. The first-order valence-corrected chi connectivity index (χ1v) is 7.09. The Morgan fingerprint density at radius 3 is 3.00 bits per heavy atom. The summed E-state index contributed by atoms with van der Waals surface area (Å²) in [4.78, 5) is 4.29. The first kappa shape index (κ1) is 14.0. The molecule has 1 fully saturated rings. The molecule has 0 bridgehead atoms. The lowest BCUT2D eigenvalue weighted by atomic mass is 10.1. The predicted octanol–water partition coefficient (Wildman–Crippen LogP) is 2.95. The standard InChI is InChI=1S/C15H18FN3O2/c1-9(17-2)12-6-5-11(16)7-13(12)20-8-14-18-15(21-19-14)10-3-4-10/h5-7,9-10,17H,3-4,8H2,1-2H3. The van der Waals surface area contributed by atoms with Crippen LogP contribution in [0.5, 0.6) is 5.75 Å². The van der Waals surface area contributed by atoms with E-state index in [-0.39, 0.29) is 18.5 Å². The van der Waals surface area contributed by atoms with Crippen molar-refractivity contribution in [2.45, 2.75) is 38.3 Å². The Morgan fingerprint density at radius 1 is 1.48 bits per heavy atom. The molecule has 1 heterocycles. The van der Waals surface area contributed by atoms with Crippen molar-refractivity contribution in [2.24, 2.45) is 0 Å². The molecule has 5 nitrogen and oxygen atoms in total. The van der Waals surface area contributed by atoms with Gasteiger partial charge in [-0.2, -0.15) is 4.98 Å². The Bertz CT molecular complexity index is 625.